The van der Waals surface area contributed by atoms with Crippen molar-refractivity contribution in [1.82, 2.24) is 19.8 Å². The van der Waals surface area contributed by atoms with Crippen LogP contribution in [0.1, 0.15) is 43.2 Å². The van der Waals surface area contributed by atoms with Gasteiger partial charge in [-0.25, -0.2) is 13.5 Å². The number of hydrogen-bond acceptors (Lipinski definition) is 5. The summed E-state index contributed by atoms with van der Waals surface area (Å²) >= 11 is 0. The standard InChI is InChI=1S/C19H25F2N5O2/c1-12-9-17-23-15(10-16(19(20)21)26(17)24-12)13-3-2-8-25(11-13)18(27)5-4-14-6-7-22-28-14/h6-7,9,13,15-16,19,23H,2-5,8,10-11H2,1H3/t13-,15-,16+/m0/s1. The number of likely N-dealkylation sites (tertiary alicyclic amines) is 1. The predicted molar refractivity (Wildman–Crippen MR) is 98.2 cm³/mol. The van der Waals surface area contributed by atoms with Gasteiger partial charge in [-0.15, -0.1) is 0 Å². The topological polar surface area (TPSA) is 76.2 Å². The quantitative estimate of drug-likeness (QED) is 0.845. The maximum absolute atomic E-state index is 13.6. The largest absolute Gasteiger partial charge is 0.367 e. The van der Waals surface area contributed by atoms with Crippen LogP contribution in [0, 0.1) is 12.8 Å². The first-order valence-electron chi connectivity index (χ1n) is 9.79. The smallest absolute Gasteiger partial charge is 0.260 e. The van der Waals surface area contributed by atoms with Gasteiger partial charge >= 0.3 is 0 Å². The number of nitrogens with one attached hydrogen (secondary N) is 1. The van der Waals surface area contributed by atoms with Gasteiger partial charge in [0, 0.05) is 44.1 Å². The molecule has 28 heavy (non-hydrogen) atoms. The lowest BCUT2D eigenvalue weighted by Crippen LogP contribution is -2.48. The second-order valence-corrected chi connectivity index (χ2v) is 7.72. The molecule has 0 bridgehead atoms. The van der Waals surface area contributed by atoms with Gasteiger partial charge < -0.3 is 14.7 Å². The van der Waals surface area contributed by atoms with Crippen molar-refractivity contribution in [2.24, 2.45) is 5.92 Å². The van der Waals surface area contributed by atoms with Gasteiger partial charge in [0.1, 0.15) is 17.6 Å². The Morgan fingerprint density at radius 2 is 2.32 bits per heavy atom. The third kappa shape index (κ3) is 3.88. The van der Waals surface area contributed by atoms with Crippen LogP contribution in [0.5, 0.6) is 0 Å². The lowest BCUT2D eigenvalue weighted by molar-refractivity contribution is -0.133. The Labute approximate surface area is 162 Å². The number of hydrogen-bond donors (Lipinski definition) is 1. The van der Waals surface area contributed by atoms with Crippen molar-refractivity contribution in [2.75, 3.05) is 18.4 Å². The molecule has 2 aliphatic rings. The van der Waals surface area contributed by atoms with E-state index in [-0.39, 0.29) is 17.9 Å². The van der Waals surface area contributed by atoms with Gasteiger partial charge in [0.15, 0.2) is 0 Å². The summed E-state index contributed by atoms with van der Waals surface area (Å²) in [6.07, 6.45) is 2.11. The minimum atomic E-state index is -2.47. The molecule has 152 valence electrons. The monoisotopic (exact) mass is 393 g/mol. The molecule has 1 fully saturated rings. The summed E-state index contributed by atoms with van der Waals surface area (Å²) in [5.41, 5.74) is 0.724. The van der Waals surface area contributed by atoms with Crippen LogP contribution in [-0.4, -0.2) is 51.3 Å². The summed E-state index contributed by atoms with van der Waals surface area (Å²) in [5, 5.41) is 11.3. The zero-order valence-electron chi connectivity index (χ0n) is 15.9. The zero-order chi connectivity index (χ0) is 19.7. The minimum Gasteiger partial charge on any atom is -0.367 e. The summed E-state index contributed by atoms with van der Waals surface area (Å²) in [5.74, 6) is 1.56. The molecule has 0 radical (unpaired) electrons. The molecule has 9 heteroatoms. The first-order chi connectivity index (χ1) is 13.5. The third-order valence-corrected chi connectivity index (χ3v) is 5.75. The van der Waals surface area contributed by atoms with E-state index < -0.39 is 12.5 Å². The summed E-state index contributed by atoms with van der Waals surface area (Å²) in [6.45, 7) is 3.11. The molecule has 1 N–H and O–H groups in total. The van der Waals surface area contributed by atoms with Crippen molar-refractivity contribution < 1.29 is 18.1 Å². The van der Waals surface area contributed by atoms with E-state index in [0.717, 1.165) is 18.5 Å². The molecule has 2 aliphatic heterocycles. The van der Waals surface area contributed by atoms with Crippen molar-refractivity contribution in [3.63, 3.8) is 0 Å². The first kappa shape index (κ1) is 18.9. The molecule has 0 aliphatic carbocycles. The number of carbonyl (C=O) groups excluding carboxylic acids is 1. The molecular formula is C19H25F2N5O2. The van der Waals surface area contributed by atoms with E-state index in [1.165, 1.54) is 4.68 Å². The number of halogens is 2. The molecule has 4 heterocycles. The van der Waals surface area contributed by atoms with Crippen LogP contribution < -0.4 is 5.32 Å². The van der Waals surface area contributed by atoms with Crippen LogP contribution >= 0.6 is 0 Å². The van der Waals surface area contributed by atoms with Crippen molar-refractivity contribution >= 4 is 11.7 Å². The number of amides is 1. The van der Waals surface area contributed by atoms with Crippen molar-refractivity contribution in [1.29, 1.82) is 0 Å². The van der Waals surface area contributed by atoms with Crippen LogP contribution in [0.2, 0.25) is 0 Å². The molecule has 7 nitrogen and oxygen atoms in total. The van der Waals surface area contributed by atoms with E-state index in [1.807, 2.05) is 11.0 Å². The minimum absolute atomic E-state index is 0.0724. The van der Waals surface area contributed by atoms with Gasteiger partial charge in [-0.2, -0.15) is 5.10 Å². The van der Waals surface area contributed by atoms with E-state index in [2.05, 4.69) is 15.6 Å². The molecule has 4 rings (SSSR count). The Hall–Kier alpha value is -2.45. The number of nitrogens with zero attached hydrogens (tertiary/aromatic N) is 4. The second-order valence-electron chi connectivity index (χ2n) is 7.72. The fourth-order valence-electron chi connectivity index (χ4n) is 4.33. The van der Waals surface area contributed by atoms with Gasteiger partial charge in [0.05, 0.1) is 11.9 Å². The molecule has 0 aromatic carbocycles. The van der Waals surface area contributed by atoms with Gasteiger partial charge in [-0.3, -0.25) is 4.79 Å². The lowest BCUT2D eigenvalue weighted by atomic mass is 9.86. The summed E-state index contributed by atoms with van der Waals surface area (Å²) in [6, 6.07) is 2.55. The Morgan fingerprint density at radius 1 is 1.46 bits per heavy atom. The lowest BCUT2D eigenvalue weighted by Gasteiger charge is -2.41. The third-order valence-electron chi connectivity index (χ3n) is 5.75. The number of anilines is 1. The van der Waals surface area contributed by atoms with E-state index in [0.29, 0.717) is 43.9 Å². The number of fused-ring (bicyclic) bond motifs is 1. The number of aromatic nitrogens is 3. The second kappa shape index (κ2) is 7.89. The fourth-order valence-corrected chi connectivity index (χ4v) is 4.33. The Bertz CT molecular complexity index is 807. The van der Waals surface area contributed by atoms with Crippen molar-refractivity contribution in [2.45, 2.75) is 57.5 Å². The van der Waals surface area contributed by atoms with Gasteiger partial charge in [0.2, 0.25) is 5.91 Å². The summed E-state index contributed by atoms with van der Waals surface area (Å²) in [4.78, 5) is 14.5. The highest BCUT2D eigenvalue weighted by Gasteiger charge is 2.38. The van der Waals surface area contributed by atoms with Crippen LogP contribution in [0.15, 0.2) is 22.9 Å². The highest BCUT2D eigenvalue weighted by molar-refractivity contribution is 5.76. The zero-order valence-corrected chi connectivity index (χ0v) is 15.9. The number of aryl methyl sites for hydroxylation is 2. The molecular weight excluding hydrogens is 368 g/mol. The van der Waals surface area contributed by atoms with Gasteiger partial charge in [0.25, 0.3) is 6.43 Å². The summed E-state index contributed by atoms with van der Waals surface area (Å²) < 4.78 is 33.7. The van der Waals surface area contributed by atoms with E-state index in [4.69, 9.17) is 4.52 Å². The van der Waals surface area contributed by atoms with E-state index in [9.17, 15) is 13.6 Å². The average molecular weight is 393 g/mol. The first-order valence-corrected chi connectivity index (χ1v) is 9.79. The number of alkyl halides is 2. The Kier molecular flexibility index (Phi) is 5.32. The number of rotatable bonds is 5. The van der Waals surface area contributed by atoms with E-state index in [1.54, 1.807) is 19.2 Å². The van der Waals surface area contributed by atoms with Crippen LogP contribution in [-0.2, 0) is 11.2 Å². The molecule has 0 saturated carbocycles. The fraction of sp³-hybridized carbons (Fsp3) is 0.632. The Morgan fingerprint density at radius 3 is 3.07 bits per heavy atom. The summed E-state index contributed by atoms with van der Waals surface area (Å²) in [7, 11) is 0. The maximum Gasteiger partial charge on any atom is 0.260 e. The highest BCUT2D eigenvalue weighted by atomic mass is 19.3. The van der Waals surface area contributed by atoms with Crippen LogP contribution in [0.4, 0.5) is 14.6 Å². The highest BCUT2D eigenvalue weighted by Crippen LogP contribution is 2.36. The normalized spacial score (nSPS) is 24.9. The van der Waals surface area contributed by atoms with Crippen molar-refractivity contribution in [3.8, 4) is 0 Å². The van der Waals surface area contributed by atoms with Gasteiger partial charge in [-0.1, -0.05) is 5.16 Å². The van der Waals surface area contributed by atoms with Gasteiger partial charge in [-0.05, 0) is 32.1 Å². The maximum atomic E-state index is 13.6. The predicted octanol–water partition coefficient (Wildman–Crippen LogP) is 3.04. The Balaban J connectivity index is 1.40. The molecule has 0 unspecified atom stereocenters. The number of carbonyl (C=O) groups is 1. The van der Waals surface area contributed by atoms with Crippen LogP contribution in [0.3, 0.4) is 0 Å². The average Bonchev–Trinajstić information content (AvgIpc) is 3.33. The molecule has 2 aromatic rings. The molecule has 1 amide bonds. The van der Waals surface area contributed by atoms with Crippen molar-refractivity contribution in [3.05, 3.63) is 29.8 Å². The van der Waals surface area contributed by atoms with Crippen LogP contribution in [0.25, 0.3) is 0 Å². The number of piperidine rings is 1. The van der Waals surface area contributed by atoms with E-state index >= 15 is 0 Å². The molecule has 1 saturated heterocycles. The molecule has 2 aromatic heterocycles. The molecule has 0 spiro atoms. The molecule has 3 atom stereocenters. The SMILES string of the molecule is Cc1cc2n(n1)[C@@H](C(F)F)C[C@@H]([C@H]1CCCN(C(=O)CCc3ccno3)C1)N2.